The van der Waals surface area contributed by atoms with E-state index in [0.29, 0.717) is 0 Å². The summed E-state index contributed by atoms with van der Waals surface area (Å²) in [5, 5.41) is 8.23. The van der Waals surface area contributed by atoms with E-state index in [2.05, 4.69) is 0 Å². The molecule has 0 amide bonds. The molecule has 0 saturated heterocycles. The first-order valence-electron chi connectivity index (χ1n) is 2.06. The predicted molar refractivity (Wildman–Crippen MR) is 25.7 cm³/mol. The van der Waals surface area contributed by atoms with Gasteiger partial charge in [-0.2, -0.15) is 0 Å². The first-order chi connectivity index (χ1) is 3.68. The van der Waals surface area contributed by atoms with Crippen molar-refractivity contribution in [2.75, 3.05) is 0 Å². The second kappa shape index (κ2) is 3.68. The van der Waals surface area contributed by atoms with Crippen molar-refractivity contribution in [1.29, 1.82) is 0.594 Å². The minimum atomic E-state index is -0.898. The second-order valence-electron chi connectivity index (χ2n) is 1.07. The van der Waals surface area contributed by atoms with Gasteiger partial charge in [0.05, 0.1) is 0 Å². The molecule has 1 N–H and O–H groups in total. The predicted octanol–water partition coefficient (Wildman–Crippen LogP) is -3.17. The molecule has 0 aliphatic carbocycles. The molecule has 0 fully saturated rings. The molecule has 0 radical (unpaired) electrons. The quantitative estimate of drug-likeness (QED) is 0.513. The Hall–Kier alpha value is 0.710. The van der Waals surface area contributed by atoms with Gasteiger partial charge in [-0.05, 0) is 0 Å². The van der Waals surface area contributed by atoms with Crippen LogP contribution in [0.4, 0.5) is 0 Å². The summed E-state index contributed by atoms with van der Waals surface area (Å²) in [5.41, 5.74) is 0. The van der Waals surface area contributed by atoms with Crippen molar-refractivity contribution < 1.29 is 30.9 Å². The third kappa shape index (κ3) is 3.31. The zero-order valence-corrected chi connectivity index (χ0v) is 6.69. The van der Waals surface area contributed by atoms with Crippen molar-refractivity contribution in [1.82, 2.24) is 0 Å². The Morgan fingerprint density at radius 3 is 3.00 bits per heavy atom. The van der Waals surface area contributed by atoms with Gasteiger partial charge in [0, 0.05) is 0 Å². The van der Waals surface area contributed by atoms with Gasteiger partial charge >= 0.3 is 58.6 Å². The van der Waals surface area contributed by atoms with Crippen LogP contribution in [0.3, 0.4) is 0 Å². The van der Waals surface area contributed by atoms with Gasteiger partial charge in [0.25, 0.3) is 0 Å². The molecule has 0 unspecified atom stereocenters. The Labute approximate surface area is 58.7 Å². The Bertz CT molecular complexity index is 87.4. The van der Waals surface area contributed by atoms with Crippen molar-refractivity contribution in [3.63, 3.8) is 0 Å². The third-order valence-corrected chi connectivity index (χ3v) is 2.21. The zero-order chi connectivity index (χ0) is 6.57. The first kappa shape index (κ1) is 5.84. The summed E-state index contributed by atoms with van der Waals surface area (Å²) in [5.74, 6) is 0. The maximum atomic E-state index is 10.4. The molecule has 44 valence electrons. The molecule has 0 aromatic rings. The molecule has 0 aliphatic heterocycles. The average molecular weight is 235 g/mol. The van der Waals surface area contributed by atoms with Gasteiger partial charge in [-0.3, -0.25) is 0 Å². The van der Waals surface area contributed by atoms with Crippen molar-refractivity contribution in [2.24, 2.45) is 0 Å². The van der Waals surface area contributed by atoms with E-state index < -0.39 is 27.1 Å². The molecule has 1 atom stereocenters. The first-order valence-corrected chi connectivity index (χ1v) is 5.05. The van der Waals surface area contributed by atoms with Gasteiger partial charge in [0.2, 0.25) is 0 Å². The zero-order valence-electron chi connectivity index (χ0n) is 4.72. The summed E-state index contributed by atoms with van der Waals surface area (Å²) in [6.07, 6.45) is -0.898. The molecule has 4 heteroatoms. The fourth-order valence-corrected chi connectivity index (χ4v) is 1.30. The Morgan fingerprint density at radius 1 is 2.29 bits per heavy atom. The van der Waals surface area contributed by atoms with Crippen LogP contribution >= 0.6 is 8.93 Å². The van der Waals surface area contributed by atoms with Crippen LogP contribution in [0, 0.1) is 0 Å². The van der Waals surface area contributed by atoms with Gasteiger partial charge in [0.1, 0.15) is 0 Å². The number of hydrogen-bond donors (Lipinski definition) is 1. The van der Waals surface area contributed by atoms with E-state index in [0.717, 1.165) is 8.93 Å². The van der Waals surface area contributed by atoms with E-state index in [4.69, 9.17) is 5.70 Å². The van der Waals surface area contributed by atoms with Crippen LogP contribution in [-0.4, -0.2) is 16.9 Å². The van der Waals surface area contributed by atoms with E-state index in [9.17, 15) is 4.79 Å². The molecule has 0 spiro atoms. The normalized spacial score (nSPS) is 16.0. The molecular formula is C3H6IO2S-. The molecule has 0 saturated carbocycles. The number of aliphatic hydroxyl groups excluding tert-OH is 1. The monoisotopic (exact) mass is 235 g/mol. The summed E-state index contributed by atoms with van der Waals surface area (Å²) < 4.78 is 6.67. The standard InChI is InChI=1S/C3H6IO2S/c1-2(5)3(6)7-4/h2,4-5H,1H3/q-1/t2-/m0/s1/i4T. The molecule has 0 bridgehead atoms. The van der Waals surface area contributed by atoms with Crippen molar-refractivity contribution in [3.05, 3.63) is 0 Å². The fraction of sp³-hybridized carbons (Fsp3) is 0.667. The molecular weight excluding hydrogens is 227 g/mol. The van der Waals surface area contributed by atoms with Crippen LogP contribution in [0.5, 0.6) is 0 Å². The van der Waals surface area contributed by atoms with Gasteiger partial charge < -0.3 is 0 Å². The van der Waals surface area contributed by atoms with Crippen LogP contribution in [0.2, 0.25) is 0 Å². The van der Waals surface area contributed by atoms with Crippen LogP contribution in [-0.2, 0) is 4.79 Å². The number of rotatable bonds is 2. The molecule has 0 aromatic heterocycles. The number of carbonyl (C=O) groups is 1. The number of aliphatic hydroxyl groups is 1. The van der Waals surface area contributed by atoms with E-state index in [1.165, 1.54) is 6.92 Å². The Morgan fingerprint density at radius 2 is 2.86 bits per heavy atom. The SMILES string of the molecule is [3H][I-]SC(=O)[C@H](C)O. The Kier molecular flexibility index (Phi) is 3.07. The second-order valence-corrected chi connectivity index (χ2v) is 2.95. The molecule has 7 heavy (non-hydrogen) atoms. The van der Waals surface area contributed by atoms with Crippen molar-refractivity contribution in [3.8, 4) is 0 Å². The minimum absolute atomic E-state index is 0.284. The van der Waals surface area contributed by atoms with E-state index >= 15 is 0 Å². The fourth-order valence-electron chi connectivity index (χ4n) is 0.0645. The van der Waals surface area contributed by atoms with Crippen LogP contribution < -0.4 is 21.0 Å². The molecule has 0 aromatic carbocycles. The summed E-state index contributed by atoms with van der Waals surface area (Å²) in [6, 6.07) is 0. The van der Waals surface area contributed by atoms with Crippen molar-refractivity contribution >= 4 is 14.0 Å². The van der Waals surface area contributed by atoms with Crippen LogP contribution in [0.25, 0.3) is 0 Å². The number of hydrogen-bond acceptors (Lipinski definition) is 3. The third-order valence-electron chi connectivity index (χ3n) is 0.417. The number of carbonyl (C=O) groups excluding carboxylic acids is 1. The molecule has 0 heterocycles. The summed E-state index contributed by atoms with van der Waals surface area (Å²) in [4.78, 5) is 10.4. The summed E-state index contributed by atoms with van der Waals surface area (Å²) in [6.45, 7) is 1.41. The molecule has 0 aliphatic rings. The van der Waals surface area contributed by atoms with E-state index in [-0.39, 0.29) is 5.12 Å². The van der Waals surface area contributed by atoms with E-state index in [1.54, 1.807) is 0 Å². The van der Waals surface area contributed by atoms with Crippen LogP contribution in [0.15, 0.2) is 0 Å². The number of halogens is 1. The molecule has 2 nitrogen and oxygen atoms in total. The van der Waals surface area contributed by atoms with Gasteiger partial charge in [-0.15, -0.1) is 0 Å². The summed E-state index contributed by atoms with van der Waals surface area (Å²) in [7, 11) is 0.927. The molecule has 0 rings (SSSR count). The summed E-state index contributed by atoms with van der Waals surface area (Å²) >= 11 is -0.809. The van der Waals surface area contributed by atoms with Crippen molar-refractivity contribution in [2.45, 2.75) is 13.0 Å². The van der Waals surface area contributed by atoms with Crippen LogP contribution in [0.1, 0.15) is 6.92 Å². The Balaban J connectivity index is 3.33. The average Bonchev–Trinajstić information content (AvgIpc) is 1.67. The van der Waals surface area contributed by atoms with Gasteiger partial charge in [0.15, 0.2) is 0 Å². The maximum absolute atomic E-state index is 10.4. The van der Waals surface area contributed by atoms with E-state index in [1.807, 2.05) is 0 Å². The topological polar surface area (TPSA) is 37.3 Å². The van der Waals surface area contributed by atoms with Gasteiger partial charge in [-0.25, -0.2) is 0 Å². The van der Waals surface area contributed by atoms with Gasteiger partial charge in [-0.1, -0.05) is 0 Å².